The molecule has 3 aromatic carbocycles. The summed E-state index contributed by atoms with van der Waals surface area (Å²) in [7, 11) is 0. The molecule has 3 fully saturated rings. The summed E-state index contributed by atoms with van der Waals surface area (Å²) >= 11 is 6.05. The molecular weight excluding hydrogens is 599 g/mol. The van der Waals surface area contributed by atoms with E-state index in [0.717, 1.165) is 22.1 Å². The molecule has 2 aliphatic heterocycles. The van der Waals surface area contributed by atoms with E-state index in [2.05, 4.69) is 0 Å². The maximum atomic E-state index is 14.4. The fourth-order valence-electron chi connectivity index (χ4n) is 8.12. The van der Waals surface area contributed by atoms with Gasteiger partial charge in [0.15, 0.2) is 0 Å². The van der Waals surface area contributed by atoms with Gasteiger partial charge in [-0.1, -0.05) is 47.5 Å². The summed E-state index contributed by atoms with van der Waals surface area (Å²) < 4.78 is 14.0. The summed E-state index contributed by atoms with van der Waals surface area (Å²) in [6.45, 7) is 1.95. The van der Waals surface area contributed by atoms with Gasteiger partial charge in [0.1, 0.15) is 17.3 Å². The average molecular weight is 629 g/mol. The summed E-state index contributed by atoms with van der Waals surface area (Å²) in [5.41, 5.74) is 1.32. The summed E-state index contributed by atoms with van der Waals surface area (Å²) in [5.74, 6) is -5.12. The van der Waals surface area contributed by atoms with Crippen molar-refractivity contribution in [3.8, 4) is 11.5 Å². The first-order valence-corrected chi connectivity index (χ1v) is 15.3. The third-order valence-electron chi connectivity index (χ3n) is 10.3. The van der Waals surface area contributed by atoms with Gasteiger partial charge in [0.2, 0.25) is 23.6 Å². The second kappa shape index (κ2) is 10.5. The molecule has 4 aliphatic rings. The van der Waals surface area contributed by atoms with Gasteiger partial charge in [-0.05, 0) is 85.7 Å². The van der Waals surface area contributed by atoms with Crippen LogP contribution in [0.15, 0.2) is 78.4 Å². The number of benzene rings is 3. The van der Waals surface area contributed by atoms with Crippen molar-refractivity contribution in [2.45, 2.75) is 32.1 Å². The Morgan fingerprint density at radius 2 is 1.56 bits per heavy atom. The van der Waals surface area contributed by atoms with Crippen LogP contribution in [-0.2, 0) is 25.6 Å². The molecule has 0 spiro atoms. The normalized spacial score (nSPS) is 29.0. The van der Waals surface area contributed by atoms with E-state index in [1.54, 1.807) is 43.3 Å². The van der Waals surface area contributed by atoms with Crippen LogP contribution in [-0.4, -0.2) is 45.3 Å². The van der Waals surface area contributed by atoms with Gasteiger partial charge in [-0.3, -0.25) is 24.1 Å². The molecule has 4 amide bonds. The highest BCUT2D eigenvalue weighted by Crippen LogP contribution is 2.63. The fourth-order valence-corrected chi connectivity index (χ4v) is 8.30. The maximum absolute atomic E-state index is 14.4. The summed E-state index contributed by atoms with van der Waals surface area (Å²) in [6.07, 6.45) is 2.92. The van der Waals surface area contributed by atoms with Crippen LogP contribution in [0.5, 0.6) is 11.5 Å². The number of amides is 4. The van der Waals surface area contributed by atoms with Gasteiger partial charge in [-0.25, -0.2) is 9.29 Å². The maximum Gasteiger partial charge on any atom is 0.241 e. The second-order valence-electron chi connectivity index (χ2n) is 12.6. The molecule has 8 nitrogen and oxygen atoms in total. The molecule has 0 radical (unpaired) electrons. The third kappa shape index (κ3) is 4.39. The van der Waals surface area contributed by atoms with E-state index < -0.39 is 52.6 Å². The van der Waals surface area contributed by atoms with Gasteiger partial charge < -0.3 is 10.2 Å². The first-order chi connectivity index (χ1) is 21.5. The van der Waals surface area contributed by atoms with Crippen LogP contribution in [0.2, 0.25) is 5.02 Å². The Hall–Kier alpha value is -4.50. The van der Waals surface area contributed by atoms with Crippen LogP contribution in [0.25, 0.3) is 0 Å². The van der Waals surface area contributed by atoms with Gasteiger partial charge in [0, 0.05) is 12.5 Å². The predicted octanol–water partition coefficient (Wildman–Crippen LogP) is 5.36. The van der Waals surface area contributed by atoms with Crippen molar-refractivity contribution in [3.05, 3.63) is 100 Å². The second-order valence-corrected chi connectivity index (χ2v) is 13.0. The Morgan fingerprint density at radius 1 is 0.889 bits per heavy atom. The molecule has 2 N–H and O–H groups in total. The molecule has 1 saturated carbocycles. The zero-order valence-corrected chi connectivity index (χ0v) is 25.1. The first-order valence-electron chi connectivity index (χ1n) is 15.0. The molecular formula is C35H30ClFN2O6. The van der Waals surface area contributed by atoms with Crippen LogP contribution in [0.3, 0.4) is 0 Å². The molecule has 230 valence electrons. The zero-order chi connectivity index (χ0) is 31.8. The Labute approximate surface area is 263 Å². The number of halogens is 2. The number of likely N-dealkylation sites (tertiary alicyclic amines) is 1. The van der Waals surface area contributed by atoms with Crippen LogP contribution in [0.4, 0.5) is 10.1 Å². The van der Waals surface area contributed by atoms with Gasteiger partial charge in [-0.2, -0.15) is 0 Å². The molecule has 45 heavy (non-hydrogen) atoms. The SMILES string of the molecule is CC12C(=O)N(c3ccc(F)c(Cl)c3)C(=O)C1CC1C(=CCC3C(=O)N(CCc4ccc(O)cc4)C(=O)C31)C2c1ccc(O)cc1. The number of rotatable bonds is 5. The number of hydrogen-bond donors (Lipinski definition) is 2. The molecule has 3 aromatic rings. The topological polar surface area (TPSA) is 115 Å². The number of phenols is 2. The van der Waals surface area contributed by atoms with E-state index >= 15 is 0 Å². The first kappa shape index (κ1) is 29.2. The highest BCUT2D eigenvalue weighted by atomic mass is 35.5. The molecule has 2 aliphatic carbocycles. The molecule has 2 heterocycles. The lowest BCUT2D eigenvalue weighted by Crippen LogP contribution is -2.48. The largest absolute Gasteiger partial charge is 0.508 e. The number of nitrogens with zero attached hydrogens (tertiary/aromatic N) is 2. The average Bonchev–Trinajstić information content (AvgIpc) is 3.38. The summed E-state index contributed by atoms with van der Waals surface area (Å²) in [6, 6.07) is 16.8. The van der Waals surface area contributed by atoms with Gasteiger partial charge >= 0.3 is 0 Å². The van der Waals surface area contributed by atoms with E-state index in [4.69, 9.17) is 11.6 Å². The minimum Gasteiger partial charge on any atom is -0.508 e. The van der Waals surface area contributed by atoms with Crippen molar-refractivity contribution in [3.63, 3.8) is 0 Å². The third-order valence-corrected chi connectivity index (χ3v) is 10.6. The Balaban J connectivity index is 1.28. The van der Waals surface area contributed by atoms with Crippen LogP contribution in [0, 0.1) is 34.9 Å². The number of allylic oxidation sites excluding steroid dienone is 2. The van der Waals surface area contributed by atoms with Crippen molar-refractivity contribution in [2.75, 3.05) is 11.4 Å². The van der Waals surface area contributed by atoms with Crippen molar-refractivity contribution in [2.24, 2.45) is 29.1 Å². The van der Waals surface area contributed by atoms with E-state index in [1.807, 2.05) is 6.08 Å². The van der Waals surface area contributed by atoms with E-state index in [9.17, 15) is 33.8 Å². The van der Waals surface area contributed by atoms with E-state index in [0.29, 0.717) is 18.4 Å². The van der Waals surface area contributed by atoms with Crippen LogP contribution >= 0.6 is 11.6 Å². The molecule has 6 atom stereocenters. The van der Waals surface area contributed by atoms with E-state index in [-0.39, 0.29) is 47.0 Å². The van der Waals surface area contributed by atoms with Crippen molar-refractivity contribution >= 4 is 40.9 Å². The Kier molecular flexibility index (Phi) is 6.85. The van der Waals surface area contributed by atoms with E-state index in [1.165, 1.54) is 29.2 Å². The standard InChI is InChI=1S/C35H30ClFN2O6/c1-35-26(32(43)39(34(35)45)20-6-13-28(37)27(36)16-20)17-25-23(30(35)19-4-9-22(41)10-5-19)11-12-24-29(25)33(44)38(31(24)42)15-14-18-2-7-21(40)8-3-18/h2-11,13,16,24-26,29-30,40-41H,12,14-15,17H2,1H3. The molecule has 0 aromatic heterocycles. The lowest BCUT2D eigenvalue weighted by molar-refractivity contribution is -0.140. The number of anilines is 1. The highest BCUT2D eigenvalue weighted by Gasteiger charge is 2.67. The number of aromatic hydroxyl groups is 2. The molecule has 10 heteroatoms. The highest BCUT2D eigenvalue weighted by molar-refractivity contribution is 6.31. The smallest absolute Gasteiger partial charge is 0.241 e. The quantitative estimate of drug-likeness (QED) is 0.290. The van der Waals surface area contributed by atoms with Crippen LogP contribution in [0.1, 0.15) is 36.8 Å². The molecule has 6 unspecified atom stereocenters. The number of carbonyl (C=O) groups is 4. The number of phenolic OH excluding ortho intramolecular Hbond substituents is 2. The minimum absolute atomic E-state index is 0.0442. The number of carbonyl (C=O) groups excluding carboxylic acids is 4. The number of fused-ring (bicyclic) bond motifs is 4. The molecule has 2 saturated heterocycles. The predicted molar refractivity (Wildman–Crippen MR) is 163 cm³/mol. The molecule has 7 rings (SSSR count). The monoisotopic (exact) mass is 628 g/mol. The fraction of sp³-hybridized carbons (Fsp3) is 0.314. The summed E-state index contributed by atoms with van der Waals surface area (Å²) in [5, 5.41) is 19.4. The molecule has 0 bridgehead atoms. The van der Waals surface area contributed by atoms with Gasteiger partial charge in [-0.15, -0.1) is 0 Å². The number of hydrogen-bond acceptors (Lipinski definition) is 6. The van der Waals surface area contributed by atoms with Crippen molar-refractivity contribution < 1.29 is 33.8 Å². The van der Waals surface area contributed by atoms with Crippen molar-refractivity contribution in [1.82, 2.24) is 4.90 Å². The Morgan fingerprint density at radius 3 is 2.22 bits per heavy atom. The number of imide groups is 2. The zero-order valence-electron chi connectivity index (χ0n) is 24.3. The Bertz CT molecular complexity index is 1790. The summed E-state index contributed by atoms with van der Waals surface area (Å²) in [4.78, 5) is 58.6. The lowest BCUT2D eigenvalue weighted by Gasteiger charge is -2.49. The van der Waals surface area contributed by atoms with Gasteiger partial charge in [0.05, 0.1) is 33.9 Å². The lowest BCUT2D eigenvalue weighted by atomic mass is 9.51. The van der Waals surface area contributed by atoms with Gasteiger partial charge in [0.25, 0.3) is 0 Å². The van der Waals surface area contributed by atoms with Crippen LogP contribution < -0.4 is 4.90 Å². The van der Waals surface area contributed by atoms with Crippen molar-refractivity contribution in [1.29, 1.82) is 0 Å². The minimum atomic E-state index is -1.26.